The maximum Gasteiger partial charge on any atom is 0.0614 e. The summed E-state index contributed by atoms with van der Waals surface area (Å²) in [5.41, 5.74) is 9.99. The SMILES string of the molecule is CCN(Cc1cccc(C)n1)c1cc(Br)ccc1N. The van der Waals surface area contributed by atoms with E-state index in [4.69, 9.17) is 5.73 Å². The average Bonchev–Trinajstić information content (AvgIpc) is 2.39. The topological polar surface area (TPSA) is 42.2 Å². The number of benzene rings is 1. The second kappa shape index (κ2) is 6.06. The fourth-order valence-corrected chi connectivity index (χ4v) is 2.39. The Kier molecular flexibility index (Phi) is 4.43. The van der Waals surface area contributed by atoms with E-state index in [1.54, 1.807) is 0 Å². The Morgan fingerprint density at radius 1 is 1.26 bits per heavy atom. The van der Waals surface area contributed by atoms with E-state index in [1.807, 2.05) is 37.3 Å². The lowest BCUT2D eigenvalue weighted by Gasteiger charge is -2.24. The van der Waals surface area contributed by atoms with E-state index in [9.17, 15) is 0 Å². The van der Waals surface area contributed by atoms with Crippen LogP contribution in [0.3, 0.4) is 0 Å². The molecule has 1 heterocycles. The lowest BCUT2D eigenvalue weighted by atomic mass is 10.2. The van der Waals surface area contributed by atoms with Gasteiger partial charge in [0.05, 0.1) is 23.6 Å². The molecule has 100 valence electrons. The zero-order chi connectivity index (χ0) is 13.8. The number of aromatic nitrogens is 1. The van der Waals surface area contributed by atoms with Crippen LogP contribution in [0.1, 0.15) is 18.3 Å². The van der Waals surface area contributed by atoms with E-state index in [2.05, 4.69) is 38.8 Å². The third kappa shape index (κ3) is 3.47. The molecule has 0 amide bonds. The molecule has 3 nitrogen and oxygen atoms in total. The first kappa shape index (κ1) is 13.9. The van der Waals surface area contributed by atoms with Gasteiger partial charge in [-0.1, -0.05) is 22.0 Å². The van der Waals surface area contributed by atoms with Crippen molar-refractivity contribution in [2.45, 2.75) is 20.4 Å². The number of nitrogens with two attached hydrogens (primary N) is 1. The third-order valence-corrected chi connectivity index (χ3v) is 3.51. The molecule has 0 bridgehead atoms. The molecule has 2 rings (SSSR count). The molecular weight excluding hydrogens is 302 g/mol. The largest absolute Gasteiger partial charge is 0.397 e. The van der Waals surface area contributed by atoms with Gasteiger partial charge in [0, 0.05) is 16.7 Å². The lowest BCUT2D eigenvalue weighted by Crippen LogP contribution is -2.23. The van der Waals surface area contributed by atoms with Crippen LogP contribution in [0.25, 0.3) is 0 Å². The molecule has 0 radical (unpaired) electrons. The van der Waals surface area contributed by atoms with Gasteiger partial charge in [-0.15, -0.1) is 0 Å². The van der Waals surface area contributed by atoms with Gasteiger partial charge in [-0.25, -0.2) is 0 Å². The van der Waals surface area contributed by atoms with Crippen molar-refractivity contribution in [2.24, 2.45) is 0 Å². The summed E-state index contributed by atoms with van der Waals surface area (Å²) in [7, 11) is 0. The van der Waals surface area contributed by atoms with Crippen molar-refractivity contribution in [1.29, 1.82) is 0 Å². The van der Waals surface area contributed by atoms with Crippen LogP contribution in [-0.2, 0) is 6.54 Å². The molecule has 0 aliphatic carbocycles. The minimum Gasteiger partial charge on any atom is -0.397 e. The first-order chi connectivity index (χ1) is 9.10. The highest BCUT2D eigenvalue weighted by atomic mass is 79.9. The molecule has 1 aromatic carbocycles. The summed E-state index contributed by atoms with van der Waals surface area (Å²) in [5, 5.41) is 0. The summed E-state index contributed by atoms with van der Waals surface area (Å²) in [6.07, 6.45) is 0. The molecule has 0 atom stereocenters. The number of rotatable bonds is 4. The fraction of sp³-hybridized carbons (Fsp3) is 0.267. The van der Waals surface area contributed by atoms with Crippen LogP contribution in [0.5, 0.6) is 0 Å². The molecule has 0 aliphatic rings. The number of halogens is 1. The summed E-state index contributed by atoms with van der Waals surface area (Å²) in [6, 6.07) is 12.0. The van der Waals surface area contributed by atoms with Crippen molar-refractivity contribution in [3.05, 3.63) is 52.3 Å². The summed E-state index contributed by atoms with van der Waals surface area (Å²) < 4.78 is 1.03. The van der Waals surface area contributed by atoms with E-state index in [1.165, 1.54) is 0 Å². The predicted octanol–water partition coefficient (Wildman–Crippen LogP) is 3.76. The van der Waals surface area contributed by atoms with E-state index in [-0.39, 0.29) is 0 Å². The molecule has 0 aliphatic heterocycles. The molecule has 0 saturated carbocycles. The van der Waals surface area contributed by atoms with Gasteiger partial charge in [0.2, 0.25) is 0 Å². The van der Waals surface area contributed by atoms with Gasteiger partial charge in [-0.2, -0.15) is 0 Å². The standard InChI is InChI=1S/C15H18BrN3/c1-3-19(10-13-6-4-5-11(2)18-13)15-9-12(16)7-8-14(15)17/h4-9H,3,10,17H2,1-2H3. The molecule has 0 unspecified atom stereocenters. The molecule has 2 aromatic rings. The van der Waals surface area contributed by atoms with Gasteiger partial charge >= 0.3 is 0 Å². The number of aryl methyl sites for hydroxylation is 1. The number of anilines is 2. The molecule has 19 heavy (non-hydrogen) atoms. The molecule has 0 saturated heterocycles. The van der Waals surface area contributed by atoms with Gasteiger partial charge in [-0.3, -0.25) is 4.98 Å². The number of hydrogen-bond donors (Lipinski definition) is 1. The molecule has 1 aromatic heterocycles. The van der Waals surface area contributed by atoms with Crippen molar-refractivity contribution in [3.8, 4) is 0 Å². The highest BCUT2D eigenvalue weighted by Crippen LogP contribution is 2.28. The minimum absolute atomic E-state index is 0.763. The Hall–Kier alpha value is -1.55. The second-order valence-corrected chi connectivity index (χ2v) is 5.40. The summed E-state index contributed by atoms with van der Waals surface area (Å²) >= 11 is 3.49. The van der Waals surface area contributed by atoms with Crippen LogP contribution in [-0.4, -0.2) is 11.5 Å². The van der Waals surface area contributed by atoms with Crippen molar-refractivity contribution < 1.29 is 0 Å². The number of nitrogen functional groups attached to an aromatic ring is 1. The van der Waals surface area contributed by atoms with Crippen molar-refractivity contribution in [3.63, 3.8) is 0 Å². The molecule has 0 spiro atoms. The molecular formula is C15H18BrN3. The van der Waals surface area contributed by atoms with E-state index < -0.39 is 0 Å². The smallest absolute Gasteiger partial charge is 0.0614 e. The van der Waals surface area contributed by atoms with E-state index in [0.29, 0.717) is 0 Å². The zero-order valence-corrected chi connectivity index (χ0v) is 12.8. The van der Waals surface area contributed by atoms with Crippen LogP contribution in [0.15, 0.2) is 40.9 Å². The van der Waals surface area contributed by atoms with E-state index in [0.717, 1.165) is 40.3 Å². The van der Waals surface area contributed by atoms with Gasteiger partial charge in [0.25, 0.3) is 0 Å². The monoisotopic (exact) mass is 319 g/mol. The van der Waals surface area contributed by atoms with Gasteiger partial charge < -0.3 is 10.6 Å². The Morgan fingerprint density at radius 3 is 2.74 bits per heavy atom. The maximum absolute atomic E-state index is 6.07. The Morgan fingerprint density at radius 2 is 2.05 bits per heavy atom. The molecule has 4 heteroatoms. The van der Waals surface area contributed by atoms with Crippen LogP contribution >= 0.6 is 15.9 Å². The van der Waals surface area contributed by atoms with Gasteiger partial charge in [0.1, 0.15) is 0 Å². The van der Waals surface area contributed by atoms with Crippen LogP contribution in [0.2, 0.25) is 0 Å². The number of hydrogen-bond acceptors (Lipinski definition) is 3. The van der Waals surface area contributed by atoms with E-state index >= 15 is 0 Å². The Bertz CT molecular complexity index is 569. The summed E-state index contributed by atoms with van der Waals surface area (Å²) in [6.45, 7) is 5.78. The fourth-order valence-electron chi connectivity index (χ4n) is 2.04. The quantitative estimate of drug-likeness (QED) is 0.872. The lowest BCUT2D eigenvalue weighted by molar-refractivity contribution is 0.807. The zero-order valence-electron chi connectivity index (χ0n) is 11.2. The molecule has 0 fully saturated rings. The van der Waals surface area contributed by atoms with Crippen molar-refractivity contribution in [2.75, 3.05) is 17.2 Å². The normalized spacial score (nSPS) is 10.5. The summed E-state index contributed by atoms with van der Waals surface area (Å²) in [4.78, 5) is 6.77. The Balaban J connectivity index is 2.27. The highest BCUT2D eigenvalue weighted by molar-refractivity contribution is 9.10. The van der Waals surface area contributed by atoms with Crippen molar-refractivity contribution >= 4 is 27.3 Å². The first-order valence-electron chi connectivity index (χ1n) is 6.32. The van der Waals surface area contributed by atoms with Gasteiger partial charge in [0.15, 0.2) is 0 Å². The average molecular weight is 320 g/mol. The predicted molar refractivity (Wildman–Crippen MR) is 84.3 cm³/mol. The summed E-state index contributed by atoms with van der Waals surface area (Å²) in [5.74, 6) is 0. The van der Waals surface area contributed by atoms with Crippen molar-refractivity contribution in [1.82, 2.24) is 4.98 Å². The Labute approximate surface area is 122 Å². The third-order valence-electron chi connectivity index (χ3n) is 3.01. The maximum atomic E-state index is 6.07. The second-order valence-electron chi connectivity index (χ2n) is 4.49. The van der Waals surface area contributed by atoms with Crippen LogP contribution < -0.4 is 10.6 Å². The number of nitrogens with zero attached hydrogens (tertiary/aromatic N) is 2. The minimum atomic E-state index is 0.763. The number of pyridine rings is 1. The first-order valence-corrected chi connectivity index (χ1v) is 7.12. The van der Waals surface area contributed by atoms with Gasteiger partial charge in [-0.05, 0) is 44.2 Å². The molecule has 2 N–H and O–H groups in total. The van der Waals surface area contributed by atoms with Crippen LogP contribution in [0.4, 0.5) is 11.4 Å². The highest BCUT2D eigenvalue weighted by Gasteiger charge is 2.10. The van der Waals surface area contributed by atoms with Crippen LogP contribution in [0, 0.1) is 6.92 Å².